The molecule has 25 heavy (non-hydrogen) atoms. The van der Waals surface area contributed by atoms with Crippen molar-refractivity contribution in [3.8, 4) is 5.75 Å². The molecule has 0 aliphatic heterocycles. The number of rotatable bonds is 7. The molecule has 0 aromatic heterocycles. The van der Waals surface area contributed by atoms with Crippen molar-refractivity contribution in [2.75, 3.05) is 25.2 Å². The van der Waals surface area contributed by atoms with Gasteiger partial charge < -0.3 is 10.1 Å². The molecule has 0 radical (unpaired) electrons. The molecule has 0 unspecified atom stereocenters. The number of nitrogens with one attached hydrogen (secondary N) is 1. The van der Waals surface area contributed by atoms with E-state index in [1.165, 1.54) is 11.4 Å². The van der Waals surface area contributed by atoms with Crippen LogP contribution in [0.25, 0.3) is 0 Å². The molecule has 1 N–H and O–H groups in total. The highest BCUT2D eigenvalue weighted by atomic mass is 79.9. The molecular formula is C17H19BrN2O4S. The maximum Gasteiger partial charge on any atom is 0.262 e. The van der Waals surface area contributed by atoms with Crippen LogP contribution in [0.15, 0.2) is 53.0 Å². The molecule has 1 amide bonds. The number of sulfonamides is 1. The van der Waals surface area contributed by atoms with Crippen molar-refractivity contribution in [1.29, 1.82) is 0 Å². The third-order valence-corrected chi connectivity index (χ3v) is 5.13. The number of nitrogens with zero attached hydrogens (tertiary/aromatic N) is 1. The summed E-state index contributed by atoms with van der Waals surface area (Å²) in [5.41, 5.74) is 1.51. The summed E-state index contributed by atoms with van der Waals surface area (Å²) in [4.78, 5) is 11.9. The van der Waals surface area contributed by atoms with Crippen LogP contribution in [0.4, 0.5) is 5.69 Å². The lowest BCUT2D eigenvalue weighted by molar-refractivity contribution is -0.118. The molecule has 0 saturated heterocycles. The molecule has 8 heteroatoms. The van der Waals surface area contributed by atoms with Gasteiger partial charge in [0.1, 0.15) is 5.75 Å². The molecule has 134 valence electrons. The summed E-state index contributed by atoms with van der Waals surface area (Å²) in [6.07, 6.45) is 1.16. The highest BCUT2D eigenvalue weighted by molar-refractivity contribution is 9.10. The standard InChI is InChI=1S/C17H19BrN2O4S/c1-20(25(2,22)23)11-13-6-8-16(9-7-13)24-12-17(21)19-15-5-3-4-14(18)10-15/h3-10H,11-12H2,1-2H3,(H,19,21). The zero-order valence-electron chi connectivity index (χ0n) is 13.9. The summed E-state index contributed by atoms with van der Waals surface area (Å²) < 4.78 is 30.4. The average molecular weight is 427 g/mol. The number of hydrogen-bond donors (Lipinski definition) is 1. The van der Waals surface area contributed by atoms with Gasteiger partial charge in [-0.05, 0) is 35.9 Å². The summed E-state index contributed by atoms with van der Waals surface area (Å²) in [7, 11) is -1.70. The van der Waals surface area contributed by atoms with Crippen LogP contribution in [-0.4, -0.2) is 38.5 Å². The number of carbonyl (C=O) groups excluding carboxylic acids is 1. The highest BCUT2D eigenvalue weighted by Gasteiger charge is 2.11. The van der Waals surface area contributed by atoms with Gasteiger partial charge >= 0.3 is 0 Å². The van der Waals surface area contributed by atoms with Gasteiger partial charge in [-0.15, -0.1) is 0 Å². The van der Waals surface area contributed by atoms with E-state index >= 15 is 0 Å². The number of ether oxygens (including phenoxy) is 1. The second kappa shape index (κ2) is 8.46. The highest BCUT2D eigenvalue weighted by Crippen LogP contribution is 2.16. The number of halogens is 1. The van der Waals surface area contributed by atoms with E-state index in [2.05, 4.69) is 21.2 Å². The van der Waals surface area contributed by atoms with Crippen molar-refractivity contribution < 1.29 is 17.9 Å². The molecule has 0 fully saturated rings. The maximum atomic E-state index is 11.9. The Hall–Kier alpha value is -1.90. The SMILES string of the molecule is CN(Cc1ccc(OCC(=O)Nc2cccc(Br)c2)cc1)S(C)(=O)=O. The molecule has 0 saturated carbocycles. The van der Waals surface area contributed by atoms with Crippen molar-refractivity contribution in [1.82, 2.24) is 4.31 Å². The van der Waals surface area contributed by atoms with Gasteiger partial charge in [0.05, 0.1) is 6.26 Å². The number of amides is 1. The lowest BCUT2D eigenvalue weighted by atomic mass is 10.2. The van der Waals surface area contributed by atoms with Gasteiger partial charge in [0.2, 0.25) is 10.0 Å². The number of anilines is 1. The molecule has 0 heterocycles. The van der Waals surface area contributed by atoms with E-state index in [0.29, 0.717) is 11.4 Å². The van der Waals surface area contributed by atoms with Crippen molar-refractivity contribution in [2.24, 2.45) is 0 Å². The Morgan fingerprint density at radius 2 is 1.88 bits per heavy atom. The monoisotopic (exact) mass is 426 g/mol. The van der Waals surface area contributed by atoms with Crippen LogP contribution in [0.1, 0.15) is 5.56 Å². The molecule has 2 rings (SSSR count). The fourth-order valence-electron chi connectivity index (χ4n) is 1.98. The predicted octanol–water partition coefficient (Wildman–Crippen LogP) is 2.86. The van der Waals surface area contributed by atoms with E-state index in [0.717, 1.165) is 16.3 Å². The molecule has 0 atom stereocenters. The van der Waals surface area contributed by atoms with E-state index < -0.39 is 10.0 Å². The van der Waals surface area contributed by atoms with Crippen LogP contribution < -0.4 is 10.1 Å². The van der Waals surface area contributed by atoms with E-state index in [1.54, 1.807) is 36.4 Å². The van der Waals surface area contributed by atoms with Crippen LogP contribution in [0, 0.1) is 0 Å². The summed E-state index contributed by atoms with van der Waals surface area (Å²) in [6, 6.07) is 14.2. The second-order valence-corrected chi connectivity index (χ2v) is 8.52. The number of hydrogen-bond acceptors (Lipinski definition) is 4. The molecule has 2 aromatic carbocycles. The Kier molecular flexibility index (Phi) is 6.57. The first-order chi connectivity index (χ1) is 11.7. The molecule has 0 aliphatic rings. The van der Waals surface area contributed by atoms with Crippen LogP contribution >= 0.6 is 15.9 Å². The first-order valence-corrected chi connectivity index (χ1v) is 10.1. The quantitative estimate of drug-likeness (QED) is 0.738. The smallest absolute Gasteiger partial charge is 0.262 e. The fourth-order valence-corrected chi connectivity index (χ4v) is 2.76. The number of benzene rings is 2. The van der Waals surface area contributed by atoms with Gasteiger partial charge in [0, 0.05) is 23.8 Å². The number of carbonyl (C=O) groups is 1. The largest absolute Gasteiger partial charge is 0.484 e. The maximum absolute atomic E-state index is 11.9. The summed E-state index contributed by atoms with van der Waals surface area (Å²) in [5.74, 6) is 0.272. The molecule has 2 aromatic rings. The summed E-state index contributed by atoms with van der Waals surface area (Å²) in [5, 5.41) is 2.74. The Labute approximate surface area is 156 Å². The van der Waals surface area contributed by atoms with Gasteiger partial charge in [0.15, 0.2) is 6.61 Å². The van der Waals surface area contributed by atoms with Crippen LogP contribution in [0.5, 0.6) is 5.75 Å². The molecular weight excluding hydrogens is 408 g/mol. The first-order valence-electron chi connectivity index (χ1n) is 7.42. The third kappa shape index (κ3) is 6.49. The molecule has 0 bridgehead atoms. The topological polar surface area (TPSA) is 75.7 Å². The Morgan fingerprint density at radius 3 is 2.48 bits per heavy atom. The van der Waals surface area contributed by atoms with Crippen LogP contribution in [0.3, 0.4) is 0 Å². The van der Waals surface area contributed by atoms with Gasteiger partial charge in [-0.1, -0.05) is 34.1 Å². The Balaban J connectivity index is 1.86. The zero-order chi connectivity index (χ0) is 18.4. The van der Waals surface area contributed by atoms with Crippen molar-refractivity contribution >= 4 is 37.5 Å². The lowest BCUT2D eigenvalue weighted by Crippen LogP contribution is -2.24. The van der Waals surface area contributed by atoms with E-state index in [-0.39, 0.29) is 19.1 Å². The van der Waals surface area contributed by atoms with E-state index in [9.17, 15) is 13.2 Å². The predicted molar refractivity (Wildman–Crippen MR) is 101 cm³/mol. The van der Waals surface area contributed by atoms with Gasteiger partial charge in [0.25, 0.3) is 5.91 Å². The van der Waals surface area contributed by atoms with Crippen molar-refractivity contribution in [3.63, 3.8) is 0 Å². The molecule has 0 spiro atoms. The third-order valence-electron chi connectivity index (χ3n) is 3.37. The van der Waals surface area contributed by atoms with Gasteiger partial charge in [-0.25, -0.2) is 12.7 Å². The van der Waals surface area contributed by atoms with E-state index in [1.807, 2.05) is 12.1 Å². The van der Waals surface area contributed by atoms with Crippen LogP contribution in [0.2, 0.25) is 0 Å². The average Bonchev–Trinajstić information content (AvgIpc) is 2.53. The first kappa shape index (κ1) is 19.4. The van der Waals surface area contributed by atoms with Gasteiger partial charge in [-0.2, -0.15) is 0 Å². The molecule has 6 nitrogen and oxygen atoms in total. The Bertz CT molecular complexity index is 838. The van der Waals surface area contributed by atoms with Crippen LogP contribution in [-0.2, 0) is 21.4 Å². The summed E-state index contributed by atoms with van der Waals surface area (Å²) >= 11 is 3.34. The van der Waals surface area contributed by atoms with E-state index in [4.69, 9.17) is 4.74 Å². The zero-order valence-corrected chi connectivity index (χ0v) is 16.3. The lowest BCUT2D eigenvalue weighted by Gasteiger charge is -2.14. The van der Waals surface area contributed by atoms with Crippen molar-refractivity contribution in [2.45, 2.75) is 6.54 Å². The minimum absolute atomic E-state index is 0.116. The normalized spacial score (nSPS) is 11.4. The Morgan fingerprint density at radius 1 is 1.20 bits per heavy atom. The second-order valence-electron chi connectivity index (χ2n) is 5.51. The van der Waals surface area contributed by atoms with Crippen molar-refractivity contribution in [3.05, 3.63) is 58.6 Å². The minimum atomic E-state index is -3.22. The molecule has 0 aliphatic carbocycles. The summed E-state index contributed by atoms with van der Waals surface area (Å²) in [6.45, 7) is 0.164. The fraction of sp³-hybridized carbons (Fsp3) is 0.235. The van der Waals surface area contributed by atoms with Gasteiger partial charge in [-0.3, -0.25) is 4.79 Å². The minimum Gasteiger partial charge on any atom is -0.484 e.